The minimum atomic E-state index is -4.06. The standard InChI is InChI=1S/C21H23BrN4O4S/c1-4-30-19-11-9-18(10-12-19)26(31(28,29)21-14(2)24-25-15(21)3)13-20(27)23-17-7-5-16(22)6-8-17/h5-12H,4,13H2,1-3H3,(H,23,27)(H,24,25). The maximum Gasteiger partial charge on any atom is 0.268 e. The van der Waals surface area contributed by atoms with Crippen LogP contribution in [0.1, 0.15) is 18.3 Å². The highest BCUT2D eigenvalue weighted by molar-refractivity contribution is 9.10. The molecule has 1 aromatic heterocycles. The van der Waals surface area contributed by atoms with Gasteiger partial charge in [0.15, 0.2) is 0 Å². The number of aromatic nitrogens is 2. The number of carbonyl (C=O) groups is 1. The molecule has 0 bridgehead atoms. The first-order valence-electron chi connectivity index (χ1n) is 9.55. The lowest BCUT2D eigenvalue weighted by Crippen LogP contribution is -2.38. The Labute approximate surface area is 189 Å². The highest BCUT2D eigenvalue weighted by Crippen LogP contribution is 2.28. The SMILES string of the molecule is CCOc1ccc(N(CC(=O)Nc2ccc(Br)cc2)S(=O)(=O)c2c(C)n[nH]c2C)cc1. The Kier molecular flexibility index (Phi) is 7.01. The Morgan fingerprint density at radius 1 is 1.13 bits per heavy atom. The molecule has 0 saturated heterocycles. The zero-order valence-electron chi connectivity index (χ0n) is 17.3. The number of nitrogens with zero attached hydrogens (tertiary/aromatic N) is 2. The number of hydrogen-bond acceptors (Lipinski definition) is 5. The van der Waals surface area contributed by atoms with Crippen molar-refractivity contribution in [1.82, 2.24) is 10.2 Å². The number of ether oxygens (including phenoxy) is 1. The van der Waals surface area contributed by atoms with E-state index in [1.807, 2.05) is 6.92 Å². The van der Waals surface area contributed by atoms with E-state index in [0.29, 0.717) is 35.1 Å². The van der Waals surface area contributed by atoms with Crippen LogP contribution in [0.15, 0.2) is 57.9 Å². The number of amides is 1. The van der Waals surface area contributed by atoms with Crippen molar-refractivity contribution in [2.45, 2.75) is 25.7 Å². The van der Waals surface area contributed by atoms with Gasteiger partial charge in [0.1, 0.15) is 17.2 Å². The number of aromatic amines is 1. The van der Waals surface area contributed by atoms with Gasteiger partial charge in [0, 0.05) is 10.2 Å². The predicted molar refractivity (Wildman–Crippen MR) is 123 cm³/mol. The molecule has 0 spiro atoms. The van der Waals surface area contributed by atoms with E-state index in [4.69, 9.17) is 4.74 Å². The molecule has 3 aromatic rings. The molecule has 0 atom stereocenters. The topological polar surface area (TPSA) is 104 Å². The quantitative estimate of drug-likeness (QED) is 0.479. The number of rotatable bonds is 8. The molecule has 10 heteroatoms. The van der Waals surface area contributed by atoms with Crippen LogP contribution < -0.4 is 14.4 Å². The summed E-state index contributed by atoms with van der Waals surface area (Å²) < 4.78 is 34.4. The minimum absolute atomic E-state index is 0.0535. The second-order valence-electron chi connectivity index (χ2n) is 6.76. The molecule has 1 heterocycles. The van der Waals surface area contributed by atoms with Crippen LogP contribution in [0.25, 0.3) is 0 Å². The first-order valence-corrected chi connectivity index (χ1v) is 11.8. The average molecular weight is 507 g/mol. The van der Waals surface area contributed by atoms with E-state index in [1.54, 1.807) is 62.4 Å². The fourth-order valence-corrected chi connectivity index (χ4v) is 5.11. The lowest BCUT2D eigenvalue weighted by atomic mass is 10.3. The molecule has 3 rings (SSSR count). The number of anilines is 2. The van der Waals surface area contributed by atoms with E-state index in [9.17, 15) is 13.2 Å². The molecule has 0 saturated carbocycles. The van der Waals surface area contributed by atoms with E-state index in [-0.39, 0.29) is 4.90 Å². The van der Waals surface area contributed by atoms with Crippen molar-refractivity contribution in [3.8, 4) is 5.75 Å². The molecule has 0 aliphatic rings. The van der Waals surface area contributed by atoms with Crippen molar-refractivity contribution < 1.29 is 17.9 Å². The molecule has 0 aliphatic carbocycles. The maximum atomic E-state index is 13.5. The van der Waals surface area contributed by atoms with Gasteiger partial charge < -0.3 is 10.1 Å². The van der Waals surface area contributed by atoms with Crippen LogP contribution >= 0.6 is 15.9 Å². The smallest absolute Gasteiger partial charge is 0.268 e. The fourth-order valence-electron chi connectivity index (χ4n) is 3.09. The van der Waals surface area contributed by atoms with Crippen LogP contribution in [-0.4, -0.2) is 37.7 Å². The van der Waals surface area contributed by atoms with Crippen molar-refractivity contribution in [2.75, 3.05) is 22.8 Å². The molecule has 2 N–H and O–H groups in total. The third-order valence-electron chi connectivity index (χ3n) is 4.46. The van der Waals surface area contributed by atoms with Gasteiger partial charge in [0.2, 0.25) is 5.91 Å². The maximum absolute atomic E-state index is 13.5. The van der Waals surface area contributed by atoms with E-state index >= 15 is 0 Å². The van der Waals surface area contributed by atoms with Gasteiger partial charge in [-0.15, -0.1) is 0 Å². The molecule has 0 unspecified atom stereocenters. The van der Waals surface area contributed by atoms with Gasteiger partial charge >= 0.3 is 0 Å². The van der Waals surface area contributed by atoms with Gasteiger partial charge in [-0.1, -0.05) is 15.9 Å². The number of carbonyl (C=O) groups excluding carboxylic acids is 1. The molecule has 31 heavy (non-hydrogen) atoms. The van der Waals surface area contributed by atoms with E-state index in [2.05, 4.69) is 31.4 Å². The lowest BCUT2D eigenvalue weighted by Gasteiger charge is -2.24. The fraction of sp³-hybridized carbons (Fsp3) is 0.238. The van der Waals surface area contributed by atoms with E-state index in [1.165, 1.54) is 0 Å². The molecule has 0 radical (unpaired) electrons. The normalized spacial score (nSPS) is 11.2. The summed E-state index contributed by atoms with van der Waals surface area (Å²) in [6.07, 6.45) is 0. The molecule has 0 aliphatic heterocycles. The number of H-pyrrole nitrogens is 1. The summed E-state index contributed by atoms with van der Waals surface area (Å²) in [7, 11) is -4.06. The van der Waals surface area contributed by atoms with E-state index < -0.39 is 22.5 Å². The first-order chi connectivity index (χ1) is 14.7. The Morgan fingerprint density at radius 2 is 1.77 bits per heavy atom. The van der Waals surface area contributed by atoms with Gasteiger partial charge in [-0.05, 0) is 69.3 Å². The second kappa shape index (κ2) is 9.52. The summed E-state index contributed by atoms with van der Waals surface area (Å²) in [4.78, 5) is 12.8. The van der Waals surface area contributed by atoms with Crippen molar-refractivity contribution in [2.24, 2.45) is 0 Å². The Hall–Kier alpha value is -2.85. The molecule has 8 nitrogen and oxygen atoms in total. The number of benzene rings is 2. The van der Waals surface area contributed by atoms with Crippen LogP contribution in [-0.2, 0) is 14.8 Å². The predicted octanol–water partition coefficient (Wildman–Crippen LogP) is 4.02. The van der Waals surface area contributed by atoms with Crippen LogP contribution in [0.5, 0.6) is 5.75 Å². The van der Waals surface area contributed by atoms with Crippen LogP contribution in [0.2, 0.25) is 0 Å². The monoisotopic (exact) mass is 506 g/mol. The summed E-state index contributed by atoms with van der Waals surface area (Å²) in [5, 5.41) is 9.42. The molecular formula is C21H23BrN4O4S. The Bertz CT molecular complexity index is 1140. The van der Waals surface area contributed by atoms with Gasteiger partial charge in [-0.2, -0.15) is 5.10 Å². The molecule has 1 amide bonds. The lowest BCUT2D eigenvalue weighted by molar-refractivity contribution is -0.114. The van der Waals surface area contributed by atoms with Crippen molar-refractivity contribution >= 4 is 43.2 Å². The third kappa shape index (κ3) is 5.26. The number of aryl methyl sites for hydroxylation is 2. The first kappa shape index (κ1) is 22.8. The largest absolute Gasteiger partial charge is 0.494 e. The van der Waals surface area contributed by atoms with Crippen LogP contribution in [0, 0.1) is 13.8 Å². The summed E-state index contributed by atoms with van der Waals surface area (Å²) in [5.74, 6) is 0.136. The van der Waals surface area contributed by atoms with Crippen molar-refractivity contribution in [1.29, 1.82) is 0 Å². The van der Waals surface area contributed by atoms with Gasteiger partial charge in [0.25, 0.3) is 10.0 Å². The molecular weight excluding hydrogens is 484 g/mol. The van der Waals surface area contributed by atoms with Crippen molar-refractivity contribution in [3.63, 3.8) is 0 Å². The van der Waals surface area contributed by atoms with Crippen LogP contribution in [0.3, 0.4) is 0 Å². The highest BCUT2D eigenvalue weighted by atomic mass is 79.9. The average Bonchev–Trinajstić information content (AvgIpc) is 3.08. The highest BCUT2D eigenvalue weighted by Gasteiger charge is 2.31. The Balaban J connectivity index is 1.95. The molecule has 0 fully saturated rings. The van der Waals surface area contributed by atoms with Gasteiger partial charge in [-0.25, -0.2) is 8.42 Å². The zero-order chi connectivity index (χ0) is 22.6. The van der Waals surface area contributed by atoms with Crippen molar-refractivity contribution in [3.05, 3.63) is 64.4 Å². The minimum Gasteiger partial charge on any atom is -0.494 e. The summed E-state index contributed by atoms with van der Waals surface area (Å²) in [6, 6.07) is 13.6. The van der Waals surface area contributed by atoms with Gasteiger partial charge in [0.05, 0.1) is 23.7 Å². The number of sulfonamides is 1. The zero-order valence-corrected chi connectivity index (χ0v) is 19.7. The number of halogens is 1. The summed E-state index contributed by atoms with van der Waals surface area (Å²) in [6.45, 7) is 5.18. The molecule has 164 valence electrons. The second-order valence-corrected chi connectivity index (χ2v) is 9.47. The third-order valence-corrected chi connectivity index (χ3v) is 7.03. The van der Waals surface area contributed by atoms with Crippen LogP contribution in [0.4, 0.5) is 11.4 Å². The number of nitrogens with one attached hydrogen (secondary N) is 2. The van der Waals surface area contributed by atoms with Gasteiger partial charge in [-0.3, -0.25) is 14.2 Å². The summed E-state index contributed by atoms with van der Waals surface area (Å²) >= 11 is 3.34. The Morgan fingerprint density at radius 3 is 2.32 bits per heavy atom. The summed E-state index contributed by atoms with van der Waals surface area (Å²) in [5.41, 5.74) is 1.64. The van der Waals surface area contributed by atoms with E-state index in [0.717, 1.165) is 8.78 Å². The molecule has 2 aromatic carbocycles. The number of hydrogen-bond donors (Lipinski definition) is 2.